The zero-order valence-corrected chi connectivity index (χ0v) is 18.1. The Kier molecular flexibility index (Phi) is 6.37. The van der Waals surface area contributed by atoms with Crippen LogP contribution in [0.1, 0.15) is 27.2 Å². The summed E-state index contributed by atoms with van der Waals surface area (Å²) in [4.78, 5) is 20.8. The molecule has 3 aromatic rings. The number of rotatable bonds is 6. The van der Waals surface area contributed by atoms with Gasteiger partial charge in [-0.1, -0.05) is 58.7 Å². The second kappa shape index (κ2) is 9.16. The van der Waals surface area contributed by atoms with Crippen molar-refractivity contribution in [3.05, 3.63) is 91.8 Å². The van der Waals surface area contributed by atoms with Crippen LogP contribution in [0.2, 0.25) is 10.0 Å². The molecule has 0 aliphatic carbocycles. The Hall–Kier alpha value is -2.41. The minimum atomic E-state index is -0.346. The molecule has 0 bridgehead atoms. The molecule has 1 aliphatic heterocycles. The van der Waals surface area contributed by atoms with Gasteiger partial charge in [0.1, 0.15) is 5.82 Å². The molecule has 0 fully saturated rings. The maximum absolute atomic E-state index is 14.2. The molecule has 1 unspecified atom stereocenters. The highest BCUT2D eigenvalue weighted by atomic mass is 35.5. The molecule has 154 valence electrons. The molecule has 1 aromatic heterocycles. The summed E-state index contributed by atoms with van der Waals surface area (Å²) < 4.78 is 14.2. The lowest BCUT2D eigenvalue weighted by molar-refractivity contribution is 0.0406. The van der Waals surface area contributed by atoms with Gasteiger partial charge < -0.3 is 9.74 Å². The van der Waals surface area contributed by atoms with E-state index in [0.717, 1.165) is 11.3 Å². The van der Waals surface area contributed by atoms with Crippen LogP contribution < -0.4 is 0 Å². The normalized spacial score (nSPS) is 15.6. The quantitative estimate of drug-likeness (QED) is 0.448. The van der Waals surface area contributed by atoms with Crippen molar-refractivity contribution in [2.75, 3.05) is 6.54 Å². The van der Waals surface area contributed by atoms with Crippen molar-refractivity contribution in [1.82, 2.24) is 4.90 Å². The van der Waals surface area contributed by atoms with Crippen molar-refractivity contribution in [2.24, 2.45) is 5.16 Å². The van der Waals surface area contributed by atoms with Crippen molar-refractivity contribution < 1.29 is 14.0 Å². The standard InChI is InChI=1S/C22H17Cl2FN2O2S/c23-17-8-7-14(10-18(17)24)20-11-16(29-26-20)13-27(22(28)21-6-3-9-30-21)12-15-4-1-2-5-19(15)25/h1-10,16H,11-13H2. The molecule has 0 saturated heterocycles. The first-order chi connectivity index (χ1) is 14.5. The molecule has 4 nitrogen and oxygen atoms in total. The first-order valence-electron chi connectivity index (χ1n) is 9.25. The Morgan fingerprint density at radius 2 is 2.00 bits per heavy atom. The predicted octanol–water partition coefficient (Wildman–Crippen LogP) is 6.03. The summed E-state index contributed by atoms with van der Waals surface area (Å²) in [5.41, 5.74) is 2.00. The minimum absolute atomic E-state index is 0.144. The molecule has 4 rings (SSSR count). The van der Waals surface area contributed by atoms with Gasteiger partial charge in [-0.2, -0.15) is 0 Å². The molecule has 1 aliphatic rings. The smallest absolute Gasteiger partial charge is 0.264 e. The number of oxime groups is 1. The van der Waals surface area contributed by atoms with Gasteiger partial charge >= 0.3 is 0 Å². The Morgan fingerprint density at radius 1 is 1.17 bits per heavy atom. The lowest BCUT2D eigenvalue weighted by Crippen LogP contribution is -2.37. The number of amides is 1. The highest BCUT2D eigenvalue weighted by Crippen LogP contribution is 2.26. The predicted molar refractivity (Wildman–Crippen MR) is 118 cm³/mol. The summed E-state index contributed by atoms with van der Waals surface area (Å²) in [6.45, 7) is 0.421. The number of halogens is 3. The molecule has 1 atom stereocenters. The first-order valence-corrected chi connectivity index (χ1v) is 10.9. The maximum Gasteiger partial charge on any atom is 0.264 e. The second-order valence-electron chi connectivity index (χ2n) is 6.85. The highest BCUT2D eigenvalue weighted by Gasteiger charge is 2.28. The minimum Gasteiger partial charge on any atom is -0.390 e. The average molecular weight is 463 g/mol. The van der Waals surface area contributed by atoms with E-state index >= 15 is 0 Å². The van der Waals surface area contributed by atoms with E-state index in [2.05, 4.69) is 5.16 Å². The van der Waals surface area contributed by atoms with Crippen LogP contribution in [0.4, 0.5) is 4.39 Å². The molecule has 2 heterocycles. The Balaban J connectivity index is 1.50. The van der Waals surface area contributed by atoms with Gasteiger partial charge in [0, 0.05) is 24.1 Å². The maximum atomic E-state index is 14.2. The number of hydrogen-bond acceptors (Lipinski definition) is 4. The molecule has 1 amide bonds. The Labute approximate surface area is 187 Å². The van der Waals surface area contributed by atoms with Crippen molar-refractivity contribution >= 4 is 46.2 Å². The van der Waals surface area contributed by atoms with Crippen LogP contribution in [0.5, 0.6) is 0 Å². The molecular weight excluding hydrogens is 446 g/mol. The fraction of sp³-hybridized carbons (Fsp3) is 0.182. The van der Waals surface area contributed by atoms with Gasteiger partial charge in [0.2, 0.25) is 0 Å². The van der Waals surface area contributed by atoms with Crippen LogP contribution >= 0.6 is 34.5 Å². The summed E-state index contributed by atoms with van der Waals surface area (Å²) in [7, 11) is 0. The SMILES string of the molecule is O=C(c1cccs1)N(Cc1ccccc1F)CC1CC(c2ccc(Cl)c(Cl)c2)=NO1. The van der Waals surface area contributed by atoms with Gasteiger partial charge in [0.15, 0.2) is 6.10 Å². The largest absolute Gasteiger partial charge is 0.390 e. The van der Waals surface area contributed by atoms with Gasteiger partial charge in [-0.05, 0) is 29.6 Å². The van der Waals surface area contributed by atoms with Crippen molar-refractivity contribution in [1.29, 1.82) is 0 Å². The monoisotopic (exact) mass is 462 g/mol. The van der Waals surface area contributed by atoms with E-state index in [4.69, 9.17) is 28.0 Å². The molecular formula is C22H17Cl2FN2O2S. The van der Waals surface area contributed by atoms with Crippen LogP contribution in [0.25, 0.3) is 0 Å². The van der Waals surface area contributed by atoms with Crippen molar-refractivity contribution in [3.8, 4) is 0 Å². The van der Waals surface area contributed by atoms with Crippen molar-refractivity contribution in [2.45, 2.75) is 19.1 Å². The van der Waals surface area contributed by atoms with Crippen LogP contribution in [0.3, 0.4) is 0 Å². The van der Waals surface area contributed by atoms with Gasteiger partial charge in [-0.25, -0.2) is 4.39 Å². The molecule has 0 saturated carbocycles. The number of hydrogen-bond donors (Lipinski definition) is 0. The summed E-state index contributed by atoms with van der Waals surface area (Å²) in [6.07, 6.45) is 0.161. The molecule has 0 N–H and O–H groups in total. The lowest BCUT2D eigenvalue weighted by Gasteiger charge is -2.24. The number of thiophene rings is 1. The van der Waals surface area contributed by atoms with Crippen LogP contribution in [-0.4, -0.2) is 29.2 Å². The average Bonchev–Trinajstić information content (AvgIpc) is 3.43. The number of benzene rings is 2. The molecule has 0 radical (unpaired) electrons. The fourth-order valence-corrected chi connectivity index (χ4v) is 4.21. The van der Waals surface area contributed by atoms with Crippen LogP contribution in [0.15, 0.2) is 65.1 Å². The summed E-state index contributed by atoms with van der Waals surface area (Å²) in [5, 5.41) is 6.91. The summed E-state index contributed by atoms with van der Waals surface area (Å²) in [5.74, 6) is -0.513. The van der Waals surface area contributed by atoms with Gasteiger partial charge in [-0.15, -0.1) is 11.3 Å². The molecule has 0 spiro atoms. The first kappa shape index (κ1) is 20.8. The summed E-state index contributed by atoms with van der Waals surface area (Å²) >= 11 is 13.4. The Bertz CT molecular complexity index is 1090. The number of carbonyl (C=O) groups excluding carboxylic acids is 1. The second-order valence-corrected chi connectivity index (χ2v) is 8.61. The molecule has 2 aromatic carbocycles. The number of carbonyl (C=O) groups is 1. The van der Waals surface area contributed by atoms with E-state index in [0.29, 0.717) is 26.9 Å². The third-order valence-corrected chi connectivity index (χ3v) is 6.34. The molecule has 30 heavy (non-hydrogen) atoms. The van der Waals surface area contributed by atoms with E-state index in [1.807, 2.05) is 17.5 Å². The van der Waals surface area contributed by atoms with Crippen molar-refractivity contribution in [3.63, 3.8) is 0 Å². The van der Waals surface area contributed by atoms with Crippen LogP contribution in [0, 0.1) is 5.82 Å². The third-order valence-electron chi connectivity index (χ3n) is 4.75. The fourth-order valence-electron chi connectivity index (χ4n) is 3.23. The van der Waals surface area contributed by atoms with Gasteiger partial charge in [0.25, 0.3) is 5.91 Å². The zero-order valence-electron chi connectivity index (χ0n) is 15.7. The Morgan fingerprint density at radius 3 is 2.73 bits per heavy atom. The third kappa shape index (κ3) is 4.67. The zero-order chi connectivity index (χ0) is 21.1. The molecule has 8 heteroatoms. The van der Waals surface area contributed by atoms with E-state index in [-0.39, 0.29) is 30.9 Å². The highest BCUT2D eigenvalue weighted by molar-refractivity contribution is 7.12. The topological polar surface area (TPSA) is 41.9 Å². The van der Waals surface area contributed by atoms with Gasteiger partial charge in [0.05, 0.1) is 27.2 Å². The van der Waals surface area contributed by atoms with Crippen LogP contribution in [-0.2, 0) is 11.4 Å². The van der Waals surface area contributed by atoms with E-state index in [9.17, 15) is 9.18 Å². The van der Waals surface area contributed by atoms with E-state index < -0.39 is 0 Å². The lowest BCUT2D eigenvalue weighted by atomic mass is 10.0. The number of nitrogens with zero attached hydrogens (tertiary/aromatic N) is 2. The van der Waals surface area contributed by atoms with Gasteiger partial charge in [-0.3, -0.25) is 4.79 Å². The summed E-state index contributed by atoms with van der Waals surface area (Å²) in [6, 6.07) is 15.3. The van der Waals surface area contributed by atoms with E-state index in [1.165, 1.54) is 17.4 Å². The van der Waals surface area contributed by atoms with E-state index in [1.54, 1.807) is 41.3 Å².